The monoisotopic (exact) mass is 459 g/mol. The molecular formula is C21H26ClN7O3. The number of anilines is 4. The van der Waals surface area contributed by atoms with Crippen molar-refractivity contribution in [2.24, 2.45) is 0 Å². The van der Waals surface area contributed by atoms with Crippen LogP contribution in [0.5, 0.6) is 5.75 Å². The number of piperazine rings is 1. The molecular weight excluding hydrogens is 434 g/mol. The van der Waals surface area contributed by atoms with Gasteiger partial charge in [0.1, 0.15) is 10.8 Å². The minimum atomic E-state index is -0.720. The number of carbonyl (C=O) groups excluding carboxylic acids is 2. The van der Waals surface area contributed by atoms with Crippen molar-refractivity contribution in [1.82, 2.24) is 20.6 Å². The number of nitrogens with zero attached hydrogens (tertiary/aromatic N) is 4. The Morgan fingerprint density at radius 1 is 1.34 bits per heavy atom. The highest BCUT2D eigenvalue weighted by Gasteiger charge is 2.32. The van der Waals surface area contributed by atoms with Crippen molar-refractivity contribution >= 4 is 46.6 Å². The van der Waals surface area contributed by atoms with Crippen LogP contribution in [0.4, 0.5) is 23.1 Å². The smallest absolute Gasteiger partial charge is 0.267 e. The fourth-order valence-electron chi connectivity index (χ4n) is 3.67. The highest BCUT2D eigenvalue weighted by molar-refractivity contribution is 6.32. The first-order valence-corrected chi connectivity index (χ1v) is 10.9. The molecule has 0 radical (unpaired) electrons. The third kappa shape index (κ3) is 4.71. The van der Waals surface area contributed by atoms with Crippen molar-refractivity contribution in [3.8, 4) is 5.75 Å². The number of amides is 2. The topological polar surface area (TPSA) is 112 Å². The fraction of sp³-hybridized carbons (Fsp3) is 0.429. The van der Waals surface area contributed by atoms with E-state index in [1.54, 1.807) is 37.3 Å². The maximum Gasteiger partial charge on any atom is 0.267 e. The van der Waals surface area contributed by atoms with E-state index in [0.29, 0.717) is 40.3 Å². The number of carbonyl (C=O) groups is 2. The molecule has 0 bridgehead atoms. The van der Waals surface area contributed by atoms with Crippen molar-refractivity contribution in [2.45, 2.75) is 18.9 Å². The van der Waals surface area contributed by atoms with Crippen LogP contribution in [0, 0.1) is 0 Å². The van der Waals surface area contributed by atoms with Crippen molar-refractivity contribution in [1.29, 1.82) is 0 Å². The van der Waals surface area contributed by atoms with Gasteiger partial charge in [-0.1, -0.05) is 11.6 Å². The summed E-state index contributed by atoms with van der Waals surface area (Å²) in [6.07, 6.45) is 1.37. The highest BCUT2D eigenvalue weighted by atomic mass is 35.5. The molecule has 4 rings (SSSR count). The summed E-state index contributed by atoms with van der Waals surface area (Å²) in [5.41, 5.74) is 1.37. The van der Waals surface area contributed by atoms with Gasteiger partial charge in [-0.3, -0.25) is 9.59 Å². The summed E-state index contributed by atoms with van der Waals surface area (Å²) >= 11 is 6.34. The van der Waals surface area contributed by atoms with Crippen LogP contribution in [0.2, 0.25) is 5.02 Å². The minimum Gasteiger partial charge on any atom is -0.478 e. The van der Waals surface area contributed by atoms with E-state index in [1.165, 1.54) is 0 Å². The molecule has 170 valence electrons. The maximum absolute atomic E-state index is 12.6. The van der Waals surface area contributed by atoms with Gasteiger partial charge < -0.3 is 30.5 Å². The lowest BCUT2D eigenvalue weighted by Gasteiger charge is -2.32. The summed E-state index contributed by atoms with van der Waals surface area (Å²) < 4.78 is 5.94. The molecule has 2 aliphatic rings. The lowest BCUT2D eigenvalue weighted by atomic mass is 10.1. The van der Waals surface area contributed by atoms with Gasteiger partial charge in [0.15, 0.2) is 11.9 Å². The van der Waals surface area contributed by atoms with E-state index < -0.39 is 6.10 Å². The zero-order valence-electron chi connectivity index (χ0n) is 18.0. The Bertz CT molecular complexity index is 1010. The molecule has 2 amide bonds. The third-order valence-corrected chi connectivity index (χ3v) is 5.78. The molecule has 1 unspecified atom stereocenters. The summed E-state index contributed by atoms with van der Waals surface area (Å²) in [6.45, 7) is 3.41. The summed E-state index contributed by atoms with van der Waals surface area (Å²) in [7, 11) is 3.27. The number of aromatic nitrogens is 2. The normalized spacial score (nSPS) is 18.1. The van der Waals surface area contributed by atoms with Gasteiger partial charge in [-0.25, -0.2) is 4.98 Å². The Kier molecular flexibility index (Phi) is 6.61. The number of hydrogen-bond acceptors (Lipinski definition) is 8. The Morgan fingerprint density at radius 2 is 2.12 bits per heavy atom. The molecule has 2 aliphatic heterocycles. The van der Waals surface area contributed by atoms with Crippen LogP contribution in [0.3, 0.4) is 0 Å². The Hall–Kier alpha value is -3.11. The van der Waals surface area contributed by atoms with Gasteiger partial charge in [-0.2, -0.15) is 4.98 Å². The standard InChI is InChI=1S/C21H26ClN7O3/c1-23-18(30)6-5-16-20(31)28(2)15-4-3-13(11-17(15)32-16)26-19-14(22)12-25-21(27-19)29-9-7-24-8-10-29/h3-4,11-12,16,24H,5-10H2,1-2H3,(H,23,30)(H,25,26,27). The number of hydrogen-bond donors (Lipinski definition) is 3. The Labute approximate surface area is 191 Å². The SMILES string of the molecule is CNC(=O)CCC1Oc2cc(Nc3nc(N4CCNCC4)ncc3Cl)ccc2N(C)C1=O. The van der Waals surface area contributed by atoms with Crippen LogP contribution in [0.1, 0.15) is 12.8 Å². The van der Waals surface area contributed by atoms with E-state index in [2.05, 4.69) is 30.8 Å². The lowest BCUT2D eigenvalue weighted by molar-refractivity contribution is -0.127. The van der Waals surface area contributed by atoms with Crippen LogP contribution >= 0.6 is 11.6 Å². The zero-order chi connectivity index (χ0) is 22.7. The highest BCUT2D eigenvalue weighted by Crippen LogP contribution is 2.37. The van der Waals surface area contributed by atoms with E-state index in [-0.39, 0.29) is 18.2 Å². The predicted octanol–water partition coefficient (Wildman–Crippen LogP) is 1.53. The quantitative estimate of drug-likeness (QED) is 0.596. The number of halogens is 1. The Balaban J connectivity index is 1.53. The van der Waals surface area contributed by atoms with Gasteiger partial charge in [-0.15, -0.1) is 0 Å². The van der Waals surface area contributed by atoms with Gasteiger partial charge in [0, 0.05) is 64.9 Å². The van der Waals surface area contributed by atoms with Crippen molar-refractivity contribution in [3.63, 3.8) is 0 Å². The number of likely N-dealkylation sites (N-methyl/N-ethyl adjacent to an activating group) is 1. The minimum absolute atomic E-state index is 0.135. The molecule has 32 heavy (non-hydrogen) atoms. The first kappa shape index (κ1) is 22.1. The molecule has 0 saturated carbocycles. The zero-order valence-corrected chi connectivity index (χ0v) is 18.8. The molecule has 1 aromatic carbocycles. The molecule has 10 nitrogen and oxygen atoms in total. The van der Waals surface area contributed by atoms with Crippen LogP contribution in [0.15, 0.2) is 24.4 Å². The fourth-order valence-corrected chi connectivity index (χ4v) is 3.81. The van der Waals surface area contributed by atoms with Crippen LogP contribution in [-0.2, 0) is 9.59 Å². The second-order valence-corrected chi connectivity index (χ2v) is 8.03. The lowest BCUT2D eigenvalue weighted by Crippen LogP contribution is -2.44. The van der Waals surface area contributed by atoms with E-state index in [4.69, 9.17) is 16.3 Å². The summed E-state index contributed by atoms with van der Waals surface area (Å²) in [4.78, 5) is 36.8. The molecule has 0 aliphatic carbocycles. The van der Waals surface area contributed by atoms with Crippen LogP contribution in [0.25, 0.3) is 0 Å². The number of fused-ring (bicyclic) bond motifs is 1. The van der Waals surface area contributed by atoms with E-state index in [1.807, 2.05) is 6.07 Å². The van der Waals surface area contributed by atoms with Gasteiger partial charge >= 0.3 is 0 Å². The number of nitrogens with one attached hydrogen (secondary N) is 3. The maximum atomic E-state index is 12.6. The molecule has 0 spiro atoms. The van der Waals surface area contributed by atoms with E-state index in [9.17, 15) is 9.59 Å². The third-order valence-electron chi connectivity index (χ3n) is 5.50. The second kappa shape index (κ2) is 9.58. The number of ether oxygens (including phenoxy) is 1. The summed E-state index contributed by atoms with van der Waals surface area (Å²) in [5.74, 6) is 1.34. The summed E-state index contributed by atoms with van der Waals surface area (Å²) in [5, 5.41) is 9.49. The molecule has 1 atom stereocenters. The molecule has 3 N–H and O–H groups in total. The summed E-state index contributed by atoms with van der Waals surface area (Å²) in [6, 6.07) is 5.44. The Morgan fingerprint density at radius 3 is 2.88 bits per heavy atom. The van der Waals surface area contributed by atoms with E-state index >= 15 is 0 Å². The van der Waals surface area contributed by atoms with Crippen molar-refractivity contribution in [2.75, 3.05) is 55.4 Å². The molecule has 3 heterocycles. The van der Waals surface area contributed by atoms with Crippen LogP contribution < -0.4 is 30.5 Å². The number of benzene rings is 1. The predicted molar refractivity (Wildman–Crippen MR) is 123 cm³/mol. The average molecular weight is 460 g/mol. The van der Waals surface area contributed by atoms with Crippen LogP contribution in [-0.4, -0.2) is 68.2 Å². The van der Waals surface area contributed by atoms with Gasteiger partial charge in [-0.05, 0) is 12.1 Å². The van der Waals surface area contributed by atoms with Gasteiger partial charge in [0.05, 0.1) is 11.9 Å². The molecule has 2 aromatic rings. The van der Waals surface area contributed by atoms with Crippen molar-refractivity contribution < 1.29 is 14.3 Å². The molecule has 1 aromatic heterocycles. The van der Waals surface area contributed by atoms with E-state index in [0.717, 1.165) is 26.2 Å². The van der Waals surface area contributed by atoms with Gasteiger partial charge in [0.25, 0.3) is 5.91 Å². The van der Waals surface area contributed by atoms with Crippen molar-refractivity contribution in [3.05, 3.63) is 29.4 Å². The molecule has 1 saturated heterocycles. The van der Waals surface area contributed by atoms with Gasteiger partial charge in [0.2, 0.25) is 11.9 Å². The molecule has 11 heteroatoms. The average Bonchev–Trinajstić information content (AvgIpc) is 2.82. The second-order valence-electron chi connectivity index (χ2n) is 7.63. The molecule has 1 fully saturated rings. The largest absolute Gasteiger partial charge is 0.478 e. The number of rotatable bonds is 6. The first-order chi connectivity index (χ1) is 15.5. The first-order valence-electron chi connectivity index (χ1n) is 10.5.